The van der Waals surface area contributed by atoms with E-state index in [0.717, 1.165) is 17.1 Å². The van der Waals surface area contributed by atoms with E-state index in [-0.39, 0.29) is 41.7 Å². The highest BCUT2D eigenvalue weighted by Crippen LogP contribution is 2.25. The lowest BCUT2D eigenvalue weighted by molar-refractivity contribution is -0.122. The number of aromatic nitrogens is 1. The van der Waals surface area contributed by atoms with E-state index >= 15 is 0 Å². The van der Waals surface area contributed by atoms with E-state index in [1.807, 2.05) is 12.3 Å². The molecule has 0 aliphatic carbocycles. The van der Waals surface area contributed by atoms with E-state index in [2.05, 4.69) is 44.9 Å². The minimum Gasteiger partial charge on any atom is -0.349 e. The normalized spacial score (nSPS) is 13.7. The fourth-order valence-corrected chi connectivity index (χ4v) is 3.27. The molecule has 0 aromatic carbocycles. The summed E-state index contributed by atoms with van der Waals surface area (Å²) in [7, 11) is 0. The number of hydrogen-bond donors (Lipinski definition) is 2. The maximum absolute atomic E-state index is 12.2. The van der Waals surface area contributed by atoms with Gasteiger partial charge in [-0.2, -0.15) is 0 Å². The van der Waals surface area contributed by atoms with Crippen molar-refractivity contribution >= 4 is 42.1 Å². The van der Waals surface area contributed by atoms with Gasteiger partial charge in [-0.3, -0.25) is 4.79 Å². The Morgan fingerprint density at radius 1 is 1.30 bits per heavy atom. The minimum atomic E-state index is -0.339. The molecular formula is C16H31Cl2N3OS. The number of nitrogens with zero attached hydrogens (tertiary/aromatic N) is 1. The van der Waals surface area contributed by atoms with Crippen molar-refractivity contribution in [1.29, 1.82) is 0 Å². The number of carbonyl (C=O) groups excluding carboxylic acids is 1. The molecule has 1 aromatic heterocycles. The fourth-order valence-electron chi connectivity index (χ4n) is 2.36. The van der Waals surface area contributed by atoms with Crippen molar-refractivity contribution in [2.45, 2.75) is 65.3 Å². The Balaban J connectivity index is 0. The topological polar surface area (TPSA) is 68.0 Å². The molecule has 3 N–H and O–H groups in total. The Morgan fingerprint density at radius 3 is 2.26 bits per heavy atom. The lowest BCUT2D eigenvalue weighted by atomic mass is 9.90. The van der Waals surface area contributed by atoms with Gasteiger partial charge in [0.15, 0.2) is 0 Å². The molecule has 23 heavy (non-hydrogen) atoms. The summed E-state index contributed by atoms with van der Waals surface area (Å²) in [6.45, 7) is 13.1. The van der Waals surface area contributed by atoms with E-state index in [0.29, 0.717) is 18.9 Å². The molecule has 1 unspecified atom stereocenters. The number of hydrogen-bond acceptors (Lipinski definition) is 4. The first kappa shape index (κ1) is 24.9. The SMILES string of the molecule is CC(C)CC(C)(CN)NC(=O)Cc1csc(C(C)(C)C)n1.Cl.Cl. The largest absolute Gasteiger partial charge is 0.349 e. The molecule has 0 spiro atoms. The third-order valence-electron chi connectivity index (χ3n) is 3.29. The third kappa shape index (κ3) is 8.34. The molecule has 1 heterocycles. The van der Waals surface area contributed by atoms with Gasteiger partial charge in [0.05, 0.1) is 17.1 Å². The van der Waals surface area contributed by atoms with Gasteiger partial charge >= 0.3 is 0 Å². The summed E-state index contributed by atoms with van der Waals surface area (Å²) in [6, 6.07) is 0. The Hall–Kier alpha value is -0.360. The van der Waals surface area contributed by atoms with Crippen LogP contribution in [0.15, 0.2) is 5.38 Å². The van der Waals surface area contributed by atoms with Crippen LogP contribution in [0.1, 0.15) is 58.7 Å². The van der Waals surface area contributed by atoms with E-state index in [4.69, 9.17) is 5.73 Å². The van der Waals surface area contributed by atoms with Crippen molar-refractivity contribution in [3.05, 3.63) is 16.1 Å². The van der Waals surface area contributed by atoms with Crippen LogP contribution in [0.2, 0.25) is 0 Å². The van der Waals surface area contributed by atoms with Crippen molar-refractivity contribution in [2.75, 3.05) is 6.54 Å². The number of halogens is 2. The summed E-state index contributed by atoms with van der Waals surface area (Å²) in [4.78, 5) is 16.8. The van der Waals surface area contributed by atoms with Gasteiger partial charge in [-0.1, -0.05) is 34.6 Å². The maximum atomic E-state index is 12.2. The molecule has 1 aromatic rings. The Kier molecular flexibility index (Phi) is 10.6. The number of rotatable bonds is 6. The molecule has 1 amide bonds. The van der Waals surface area contributed by atoms with Gasteiger partial charge in [-0.15, -0.1) is 36.2 Å². The van der Waals surface area contributed by atoms with E-state index in [9.17, 15) is 4.79 Å². The van der Waals surface area contributed by atoms with Crippen LogP contribution in [0, 0.1) is 5.92 Å². The predicted octanol–water partition coefficient (Wildman–Crippen LogP) is 3.71. The van der Waals surface area contributed by atoms with Crippen molar-refractivity contribution in [2.24, 2.45) is 11.7 Å². The first-order valence-electron chi connectivity index (χ1n) is 7.52. The van der Waals surface area contributed by atoms with Gasteiger partial charge < -0.3 is 11.1 Å². The van der Waals surface area contributed by atoms with E-state index in [1.54, 1.807) is 11.3 Å². The molecule has 1 rings (SSSR count). The molecule has 0 saturated heterocycles. The van der Waals surface area contributed by atoms with Gasteiger partial charge in [-0.25, -0.2) is 4.98 Å². The summed E-state index contributed by atoms with van der Waals surface area (Å²) in [6.07, 6.45) is 1.19. The van der Waals surface area contributed by atoms with E-state index < -0.39 is 0 Å². The molecule has 0 bridgehead atoms. The fraction of sp³-hybridized carbons (Fsp3) is 0.750. The number of thiazole rings is 1. The number of carbonyl (C=O) groups is 1. The molecule has 136 valence electrons. The Labute approximate surface area is 156 Å². The van der Waals surface area contributed by atoms with Crippen LogP contribution in [0.5, 0.6) is 0 Å². The smallest absolute Gasteiger partial charge is 0.226 e. The predicted molar refractivity (Wildman–Crippen MR) is 104 cm³/mol. The van der Waals surface area contributed by atoms with Gasteiger partial charge in [0.25, 0.3) is 0 Å². The second kappa shape index (κ2) is 9.82. The summed E-state index contributed by atoms with van der Waals surface area (Å²) in [5.74, 6) is 0.486. The average Bonchev–Trinajstić information content (AvgIpc) is 2.75. The zero-order valence-electron chi connectivity index (χ0n) is 14.9. The Bertz CT molecular complexity index is 486. The second-order valence-electron chi connectivity index (χ2n) is 7.48. The molecule has 0 aliphatic heterocycles. The highest BCUT2D eigenvalue weighted by molar-refractivity contribution is 7.09. The highest BCUT2D eigenvalue weighted by atomic mass is 35.5. The van der Waals surface area contributed by atoms with Gasteiger partial charge in [0.2, 0.25) is 5.91 Å². The number of nitrogens with two attached hydrogens (primary N) is 1. The van der Waals surface area contributed by atoms with Crippen LogP contribution in [0.25, 0.3) is 0 Å². The average molecular weight is 384 g/mol. The first-order chi connectivity index (χ1) is 9.55. The molecular weight excluding hydrogens is 353 g/mol. The molecule has 0 radical (unpaired) electrons. The summed E-state index contributed by atoms with van der Waals surface area (Å²) in [5.41, 5.74) is 6.36. The van der Waals surface area contributed by atoms with Crippen LogP contribution in [0.4, 0.5) is 0 Å². The van der Waals surface area contributed by atoms with Crippen LogP contribution < -0.4 is 11.1 Å². The maximum Gasteiger partial charge on any atom is 0.226 e. The monoisotopic (exact) mass is 383 g/mol. The molecule has 0 fully saturated rings. The first-order valence-corrected chi connectivity index (χ1v) is 8.39. The lowest BCUT2D eigenvalue weighted by Gasteiger charge is -2.31. The third-order valence-corrected chi connectivity index (χ3v) is 4.60. The summed E-state index contributed by atoms with van der Waals surface area (Å²) < 4.78 is 0. The van der Waals surface area contributed by atoms with Crippen LogP contribution in [0.3, 0.4) is 0 Å². The van der Waals surface area contributed by atoms with Crippen LogP contribution in [-0.4, -0.2) is 23.0 Å². The number of nitrogens with one attached hydrogen (secondary N) is 1. The van der Waals surface area contributed by atoms with Gasteiger partial charge in [-0.05, 0) is 19.3 Å². The minimum absolute atomic E-state index is 0. The second-order valence-corrected chi connectivity index (χ2v) is 8.34. The van der Waals surface area contributed by atoms with Crippen molar-refractivity contribution in [3.8, 4) is 0 Å². The van der Waals surface area contributed by atoms with E-state index in [1.165, 1.54) is 0 Å². The van der Waals surface area contributed by atoms with Crippen molar-refractivity contribution < 1.29 is 4.79 Å². The number of amides is 1. The zero-order valence-corrected chi connectivity index (χ0v) is 17.4. The zero-order chi connectivity index (χ0) is 16.3. The highest BCUT2D eigenvalue weighted by Gasteiger charge is 2.26. The van der Waals surface area contributed by atoms with Crippen LogP contribution >= 0.6 is 36.2 Å². The molecule has 4 nitrogen and oxygen atoms in total. The Morgan fingerprint density at radius 2 is 1.87 bits per heavy atom. The molecule has 0 aliphatic rings. The molecule has 7 heteroatoms. The molecule has 1 atom stereocenters. The lowest BCUT2D eigenvalue weighted by Crippen LogP contribution is -2.52. The summed E-state index contributed by atoms with van der Waals surface area (Å²) in [5, 5.41) is 6.11. The van der Waals surface area contributed by atoms with Gasteiger partial charge in [0.1, 0.15) is 0 Å². The van der Waals surface area contributed by atoms with Crippen molar-refractivity contribution in [1.82, 2.24) is 10.3 Å². The van der Waals surface area contributed by atoms with Crippen LogP contribution in [-0.2, 0) is 16.6 Å². The molecule has 0 saturated carbocycles. The standard InChI is InChI=1S/C16H29N3OS.2ClH/c1-11(2)8-16(6,10-17)19-13(20)7-12-9-21-14(18-12)15(3,4)5;;/h9,11H,7-8,10,17H2,1-6H3,(H,19,20);2*1H. The van der Waals surface area contributed by atoms with Gasteiger partial charge in [0, 0.05) is 22.9 Å². The quantitative estimate of drug-likeness (QED) is 0.786. The summed E-state index contributed by atoms with van der Waals surface area (Å²) >= 11 is 1.62. The van der Waals surface area contributed by atoms with Crippen molar-refractivity contribution in [3.63, 3.8) is 0 Å².